The Morgan fingerprint density at radius 2 is 0.625 bits per heavy atom. The molecule has 0 aliphatic rings. The maximum Gasteiger partial charge on any atom is 0.245 e. The van der Waals surface area contributed by atoms with Crippen molar-refractivity contribution in [2.45, 2.75) is 0 Å². The molecule has 0 atom stereocenters. The second-order valence-corrected chi connectivity index (χ2v) is 3.37. The van der Waals surface area contributed by atoms with Crippen LogP contribution >= 0.6 is 46.4 Å². The third-order valence-electron chi connectivity index (χ3n) is 0.691. The van der Waals surface area contributed by atoms with Crippen molar-refractivity contribution in [3.63, 3.8) is 0 Å². The normalized spacial score (nSPS) is 9.75. The van der Waals surface area contributed by atoms with Crippen molar-refractivity contribution in [3.05, 3.63) is 24.3 Å². The summed E-state index contributed by atoms with van der Waals surface area (Å²) in [6.07, 6.45) is 3.54. The minimum atomic E-state index is -0.709. The molecule has 0 aromatic carbocycles. The van der Waals surface area contributed by atoms with Crippen LogP contribution in [0.5, 0.6) is 0 Å². The molecule has 0 saturated heterocycles. The summed E-state index contributed by atoms with van der Waals surface area (Å²) in [6, 6.07) is 0. The van der Waals surface area contributed by atoms with Gasteiger partial charge in [0.25, 0.3) is 0 Å². The number of rotatable bonds is 4. The third kappa shape index (κ3) is 23.3. The zero-order valence-corrected chi connectivity index (χ0v) is 10.5. The quantitative estimate of drug-likeness (QED) is 0.589. The predicted octanol–water partition coefficient (Wildman–Crippen LogP) is 2.15. The molecule has 0 aromatic rings. The first-order valence-corrected chi connectivity index (χ1v) is 4.91. The molecule has 0 spiro atoms. The first kappa shape index (κ1) is 17.7. The Balaban J connectivity index is 0. The lowest BCUT2D eigenvalue weighted by molar-refractivity contribution is -0.109. The Kier molecular flexibility index (Phi) is 12.0. The second kappa shape index (κ2) is 10.8. The smallest absolute Gasteiger partial charge is 0.245 e. The van der Waals surface area contributed by atoms with E-state index >= 15 is 0 Å². The van der Waals surface area contributed by atoms with Crippen LogP contribution < -0.4 is 0 Å². The van der Waals surface area contributed by atoms with Gasteiger partial charge in [0, 0.05) is 24.3 Å². The fourth-order valence-corrected chi connectivity index (χ4v) is 0.514. The zero-order chi connectivity index (χ0) is 13.1. The molecule has 0 saturated carbocycles. The monoisotopic (exact) mass is 304 g/mol. The van der Waals surface area contributed by atoms with Gasteiger partial charge in [0.05, 0.1) is 0 Å². The van der Waals surface area contributed by atoms with E-state index in [2.05, 4.69) is 0 Å². The highest BCUT2D eigenvalue weighted by molar-refractivity contribution is 6.70. The van der Waals surface area contributed by atoms with Gasteiger partial charge in [0.1, 0.15) is 0 Å². The van der Waals surface area contributed by atoms with Gasteiger partial charge in [0.15, 0.2) is 0 Å². The summed E-state index contributed by atoms with van der Waals surface area (Å²) in [7, 11) is 0. The molecule has 8 heteroatoms. The molecule has 0 fully saturated rings. The highest BCUT2D eigenvalue weighted by Gasteiger charge is 1.88. The first-order chi connectivity index (χ1) is 7.25. The summed E-state index contributed by atoms with van der Waals surface area (Å²) in [6.45, 7) is 0. The van der Waals surface area contributed by atoms with E-state index in [1.807, 2.05) is 0 Å². The third-order valence-corrected chi connectivity index (χ3v) is 1.19. The van der Waals surface area contributed by atoms with Crippen molar-refractivity contribution in [2.75, 3.05) is 0 Å². The van der Waals surface area contributed by atoms with Gasteiger partial charge in [0.2, 0.25) is 21.0 Å². The number of allylic oxidation sites excluding steroid dienone is 4. The molecule has 0 rings (SSSR count). The van der Waals surface area contributed by atoms with Gasteiger partial charge in [-0.3, -0.25) is 19.2 Å². The molecule has 0 aromatic heterocycles. The van der Waals surface area contributed by atoms with Crippen molar-refractivity contribution in [3.8, 4) is 0 Å². The van der Waals surface area contributed by atoms with Gasteiger partial charge < -0.3 is 0 Å². The molecule has 0 aliphatic carbocycles. The van der Waals surface area contributed by atoms with Crippen LogP contribution in [0.25, 0.3) is 0 Å². The molecule has 0 aliphatic heterocycles. The largest absolute Gasteiger partial charge is 0.276 e. The molecule has 0 unspecified atom stereocenters. The van der Waals surface area contributed by atoms with E-state index in [1.54, 1.807) is 0 Å². The molecule has 0 bridgehead atoms. The first-order valence-electron chi connectivity index (χ1n) is 3.39. The SMILES string of the molecule is O=C(Cl)/C=C\C(=O)Cl.O=C(Cl)/C=C\C(=O)Cl. The topological polar surface area (TPSA) is 68.3 Å². The van der Waals surface area contributed by atoms with E-state index in [9.17, 15) is 19.2 Å². The fourth-order valence-electron chi connectivity index (χ4n) is 0.262. The van der Waals surface area contributed by atoms with E-state index in [1.165, 1.54) is 0 Å². The fraction of sp³-hybridized carbons (Fsp3) is 0. The molecule has 0 N–H and O–H groups in total. The molecule has 4 nitrogen and oxygen atoms in total. The van der Waals surface area contributed by atoms with Crippen molar-refractivity contribution in [1.29, 1.82) is 0 Å². The van der Waals surface area contributed by atoms with Gasteiger partial charge in [-0.2, -0.15) is 0 Å². The minimum Gasteiger partial charge on any atom is -0.276 e. The zero-order valence-electron chi connectivity index (χ0n) is 7.45. The van der Waals surface area contributed by atoms with E-state index in [4.69, 9.17) is 46.4 Å². The summed E-state index contributed by atoms with van der Waals surface area (Å²) in [5, 5.41) is -2.84. The second-order valence-electron chi connectivity index (χ2n) is 1.88. The molecule has 16 heavy (non-hydrogen) atoms. The van der Waals surface area contributed by atoms with Crippen LogP contribution in [0.3, 0.4) is 0 Å². The molecular formula is C8H4Cl4O4. The summed E-state index contributed by atoms with van der Waals surface area (Å²) in [5.41, 5.74) is 0. The van der Waals surface area contributed by atoms with Crippen LogP contribution in [-0.4, -0.2) is 21.0 Å². The Morgan fingerprint density at radius 1 is 0.500 bits per heavy atom. The van der Waals surface area contributed by atoms with E-state index in [-0.39, 0.29) is 0 Å². The lowest BCUT2D eigenvalue weighted by atomic mass is 10.6. The van der Waals surface area contributed by atoms with Gasteiger partial charge in [-0.05, 0) is 46.4 Å². The standard InChI is InChI=1S/2C4H2Cl2O2/c2*5-3(7)1-2-4(6)8/h2*1-2H/b2*2-1-. The van der Waals surface area contributed by atoms with Crippen LogP contribution in [0, 0.1) is 0 Å². The summed E-state index contributed by atoms with van der Waals surface area (Å²) < 4.78 is 0. The summed E-state index contributed by atoms with van der Waals surface area (Å²) >= 11 is 19.1. The van der Waals surface area contributed by atoms with E-state index in [0.717, 1.165) is 24.3 Å². The number of carbonyl (C=O) groups is 4. The minimum absolute atomic E-state index is 0.709. The van der Waals surface area contributed by atoms with Crippen molar-refractivity contribution < 1.29 is 19.2 Å². The van der Waals surface area contributed by atoms with Crippen LogP contribution in [0.15, 0.2) is 24.3 Å². The van der Waals surface area contributed by atoms with Gasteiger partial charge in [-0.25, -0.2) is 0 Å². The average molecular weight is 306 g/mol. The van der Waals surface area contributed by atoms with Crippen LogP contribution in [0.2, 0.25) is 0 Å². The number of carbonyl (C=O) groups excluding carboxylic acids is 4. The number of hydrogen-bond acceptors (Lipinski definition) is 4. The Labute approximate surface area is 111 Å². The van der Waals surface area contributed by atoms with Crippen LogP contribution in [-0.2, 0) is 19.2 Å². The van der Waals surface area contributed by atoms with E-state index < -0.39 is 21.0 Å². The van der Waals surface area contributed by atoms with Crippen molar-refractivity contribution >= 4 is 67.4 Å². The van der Waals surface area contributed by atoms with Crippen molar-refractivity contribution in [1.82, 2.24) is 0 Å². The Morgan fingerprint density at radius 3 is 0.688 bits per heavy atom. The number of halogens is 4. The lowest BCUT2D eigenvalue weighted by Crippen LogP contribution is -1.79. The Bertz CT molecular complexity index is 280. The molecule has 88 valence electrons. The van der Waals surface area contributed by atoms with Crippen molar-refractivity contribution in [2.24, 2.45) is 0 Å². The lowest BCUT2D eigenvalue weighted by Gasteiger charge is -1.70. The van der Waals surface area contributed by atoms with Gasteiger partial charge >= 0.3 is 0 Å². The van der Waals surface area contributed by atoms with E-state index in [0.29, 0.717) is 0 Å². The molecule has 0 heterocycles. The Hall–Kier alpha value is -0.680. The highest BCUT2D eigenvalue weighted by atomic mass is 35.5. The molecular weight excluding hydrogens is 302 g/mol. The maximum absolute atomic E-state index is 9.82. The van der Waals surface area contributed by atoms with Crippen LogP contribution in [0.1, 0.15) is 0 Å². The van der Waals surface area contributed by atoms with Gasteiger partial charge in [-0.1, -0.05) is 0 Å². The van der Waals surface area contributed by atoms with Crippen LogP contribution in [0.4, 0.5) is 0 Å². The average Bonchev–Trinajstić information content (AvgIpc) is 2.12. The molecule has 0 radical (unpaired) electrons. The summed E-state index contributed by atoms with van der Waals surface area (Å²) in [5.74, 6) is 0. The van der Waals surface area contributed by atoms with Gasteiger partial charge in [-0.15, -0.1) is 0 Å². The maximum atomic E-state index is 9.82. The predicted molar refractivity (Wildman–Crippen MR) is 61.7 cm³/mol. The number of hydrogen-bond donors (Lipinski definition) is 0. The highest BCUT2D eigenvalue weighted by Crippen LogP contribution is 1.86. The molecule has 0 amide bonds. The summed E-state index contributed by atoms with van der Waals surface area (Å²) in [4.78, 5) is 39.3.